The lowest BCUT2D eigenvalue weighted by molar-refractivity contribution is 0.625. The maximum absolute atomic E-state index is 13.5. The Balaban J connectivity index is 2.35. The van der Waals surface area contributed by atoms with E-state index in [4.69, 9.17) is 23.2 Å². The Morgan fingerprint density at radius 1 is 1.29 bits per heavy atom. The Bertz CT molecular complexity index is 563. The minimum absolute atomic E-state index is 0.0948. The van der Waals surface area contributed by atoms with Crippen molar-refractivity contribution in [3.05, 3.63) is 50.8 Å². The van der Waals surface area contributed by atoms with Gasteiger partial charge in [-0.25, -0.2) is 9.37 Å². The Morgan fingerprint density at radius 2 is 2.06 bits per heavy atom. The van der Waals surface area contributed by atoms with Crippen molar-refractivity contribution in [1.82, 2.24) is 4.98 Å². The molecular formula is C11H6BrCl2FN2. The molecule has 0 saturated heterocycles. The molecule has 0 aliphatic carbocycles. The Morgan fingerprint density at radius 3 is 2.76 bits per heavy atom. The molecule has 88 valence electrons. The van der Waals surface area contributed by atoms with Gasteiger partial charge in [-0.05, 0) is 34.1 Å². The molecule has 0 radical (unpaired) electrons. The minimum Gasteiger partial charge on any atom is -0.337 e. The summed E-state index contributed by atoms with van der Waals surface area (Å²) in [5.74, 6) is -0.382. The van der Waals surface area contributed by atoms with Crippen LogP contribution in [-0.4, -0.2) is 4.98 Å². The molecule has 0 bridgehead atoms. The smallest absolute Gasteiger partial charge is 0.166 e. The van der Waals surface area contributed by atoms with E-state index >= 15 is 0 Å². The zero-order valence-electron chi connectivity index (χ0n) is 8.35. The van der Waals surface area contributed by atoms with E-state index in [2.05, 4.69) is 26.2 Å². The summed E-state index contributed by atoms with van der Waals surface area (Å²) in [6.45, 7) is 0. The third-order valence-electron chi connectivity index (χ3n) is 2.01. The first-order valence-electron chi connectivity index (χ1n) is 4.60. The van der Waals surface area contributed by atoms with Gasteiger partial charge in [0.1, 0.15) is 0 Å². The topological polar surface area (TPSA) is 24.9 Å². The maximum atomic E-state index is 13.5. The molecule has 2 rings (SSSR count). The second kappa shape index (κ2) is 5.21. The van der Waals surface area contributed by atoms with Crippen LogP contribution in [0.25, 0.3) is 0 Å². The summed E-state index contributed by atoms with van der Waals surface area (Å²) in [6, 6.07) is 6.37. The molecule has 0 saturated carbocycles. The highest BCUT2D eigenvalue weighted by Crippen LogP contribution is 2.32. The van der Waals surface area contributed by atoms with Crippen LogP contribution in [0.3, 0.4) is 0 Å². The summed E-state index contributed by atoms with van der Waals surface area (Å²) in [5.41, 5.74) is 0.507. The lowest BCUT2D eigenvalue weighted by atomic mass is 10.3. The number of halogens is 4. The van der Waals surface area contributed by atoms with Crippen LogP contribution < -0.4 is 5.32 Å². The molecule has 1 aromatic carbocycles. The molecule has 2 aromatic rings. The summed E-state index contributed by atoms with van der Waals surface area (Å²) in [5, 5.41) is 3.51. The van der Waals surface area contributed by atoms with Crippen molar-refractivity contribution in [3.8, 4) is 0 Å². The van der Waals surface area contributed by atoms with Crippen molar-refractivity contribution in [1.29, 1.82) is 0 Å². The number of pyridine rings is 1. The standard InChI is InChI=1S/C11H6BrCl2FN2/c12-6-4-8(15)11(16-5-6)17-9-3-1-2-7(13)10(9)14/h1-5H,(H,16,17). The van der Waals surface area contributed by atoms with Gasteiger partial charge in [-0.3, -0.25) is 0 Å². The largest absolute Gasteiger partial charge is 0.337 e. The van der Waals surface area contributed by atoms with Crippen molar-refractivity contribution in [2.75, 3.05) is 5.32 Å². The molecular weight excluding hydrogens is 330 g/mol. The first kappa shape index (κ1) is 12.6. The van der Waals surface area contributed by atoms with Gasteiger partial charge in [0.2, 0.25) is 0 Å². The van der Waals surface area contributed by atoms with Crippen LogP contribution in [-0.2, 0) is 0 Å². The quantitative estimate of drug-likeness (QED) is 0.832. The van der Waals surface area contributed by atoms with Gasteiger partial charge >= 0.3 is 0 Å². The monoisotopic (exact) mass is 334 g/mol. The van der Waals surface area contributed by atoms with Crippen molar-refractivity contribution in [3.63, 3.8) is 0 Å². The lowest BCUT2D eigenvalue weighted by Crippen LogP contribution is -1.97. The van der Waals surface area contributed by atoms with E-state index in [0.717, 1.165) is 0 Å². The number of rotatable bonds is 2. The number of anilines is 2. The zero-order chi connectivity index (χ0) is 12.4. The van der Waals surface area contributed by atoms with Crippen molar-refractivity contribution in [2.24, 2.45) is 0 Å². The third kappa shape index (κ3) is 2.89. The van der Waals surface area contributed by atoms with E-state index < -0.39 is 5.82 Å². The molecule has 1 heterocycles. The maximum Gasteiger partial charge on any atom is 0.166 e. The molecule has 0 aliphatic heterocycles. The summed E-state index contributed by atoms with van der Waals surface area (Å²) in [6.07, 6.45) is 1.49. The Labute approximate surface area is 116 Å². The molecule has 1 aromatic heterocycles. The fraction of sp³-hybridized carbons (Fsp3) is 0. The van der Waals surface area contributed by atoms with Gasteiger partial charge in [0.25, 0.3) is 0 Å². The molecule has 0 aliphatic rings. The first-order valence-corrected chi connectivity index (χ1v) is 6.15. The molecule has 17 heavy (non-hydrogen) atoms. The normalized spacial score (nSPS) is 10.4. The minimum atomic E-state index is -0.476. The van der Waals surface area contributed by atoms with Crippen molar-refractivity contribution < 1.29 is 4.39 Å². The van der Waals surface area contributed by atoms with Gasteiger partial charge in [0.05, 0.1) is 15.7 Å². The van der Waals surface area contributed by atoms with Crippen molar-refractivity contribution >= 4 is 50.6 Å². The number of aromatic nitrogens is 1. The molecule has 0 amide bonds. The average molecular weight is 336 g/mol. The predicted molar refractivity (Wildman–Crippen MR) is 71.6 cm³/mol. The summed E-state index contributed by atoms with van der Waals surface area (Å²) in [7, 11) is 0. The van der Waals surface area contributed by atoms with Crippen LogP contribution in [0.15, 0.2) is 34.9 Å². The van der Waals surface area contributed by atoms with E-state index in [1.807, 2.05) is 0 Å². The van der Waals surface area contributed by atoms with E-state index in [-0.39, 0.29) is 5.82 Å². The molecule has 0 atom stereocenters. The van der Waals surface area contributed by atoms with E-state index in [0.29, 0.717) is 20.2 Å². The van der Waals surface area contributed by atoms with Crippen LogP contribution in [0, 0.1) is 5.82 Å². The molecule has 0 unspecified atom stereocenters. The highest BCUT2D eigenvalue weighted by molar-refractivity contribution is 9.10. The van der Waals surface area contributed by atoms with Crippen molar-refractivity contribution in [2.45, 2.75) is 0 Å². The second-order valence-corrected chi connectivity index (χ2v) is 4.91. The lowest BCUT2D eigenvalue weighted by Gasteiger charge is -2.09. The fourth-order valence-corrected chi connectivity index (χ4v) is 1.89. The Hall–Kier alpha value is -0.840. The highest BCUT2D eigenvalue weighted by Gasteiger charge is 2.08. The third-order valence-corrected chi connectivity index (χ3v) is 3.27. The van der Waals surface area contributed by atoms with Gasteiger partial charge in [-0.1, -0.05) is 29.3 Å². The van der Waals surface area contributed by atoms with E-state index in [1.165, 1.54) is 12.3 Å². The van der Waals surface area contributed by atoms with Gasteiger partial charge in [0.15, 0.2) is 11.6 Å². The average Bonchev–Trinajstić information content (AvgIpc) is 2.28. The highest BCUT2D eigenvalue weighted by atomic mass is 79.9. The first-order chi connectivity index (χ1) is 8.08. The predicted octanol–water partition coefficient (Wildman–Crippen LogP) is 5.03. The number of nitrogens with one attached hydrogen (secondary N) is 1. The molecule has 0 fully saturated rings. The van der Waals surface area contributed by atoms with Gasteiger partial charge in [-0.2, -0.15) is 0 Å². The van der Waals surface area contributed by atoms with Gasteiger partial charge in [0, 0.05) is 10.7 Å². The van der Waals surface area contributed by atoms with Crippen LogP contribution in [0.2, 0.25) is 10.0 Å². The van der Waals surface area contributed by atoms with Gasteiger partial charge < -0.3 is 5.32 Å². The van der Waals surface area contributed by atoms with E-state index in [9.17, 15) is 4.39 Å². The zero-order valence-corrected chi connectivity index (χ0v) is 11.4. The second-order valence-electron chi connectivity index (χ2n) is 3.21. The molecule has 6 heteroatoms. The van der Waals surface area contributed by atoms with E-state index in [1.54, 1.807) is 18.2 Å². The number of hydrogen-bond acceptors (Lipinski definition) is 2. The molecule has 0 spiro atoms. The number of nitrogens with zero attached hydrogens (tertiary/aromatic N) is 1. The summed E-state index contributed by atoms with van der Waals surface area (Å²) in [4.78, 5) is 3.91. The summed E-state index contributed by atoms with van der Waals surface area (Å²) >= 11 is 15.0. The molecule has 1 N–H and O–H groups in total. The van der Waals surface area contributed by atoms with Crippen LogP contribution in [0.4, 0.5) is 15.9 Å². The summed E-state index contributed by atoms with van der Waals surface area (Å²) < 4.78 is 14.1. The van der Waals surface area contributed by atoms with Crippen LogP contribution >= 0.6 is 39.1 Å². The molecule has 2 nitrogen and oxygen atoms in total. The SMILES string of the molecule is Fc1cc(Br)cnc1Nc1cccc(Cl)c1Cl. The number of hydrogen-bond donors (Lipinski definition) is 1. The van der Waals surface area contributed by atoms with Crippen LogP contribution in [0.5, 0.6) is 0 Å². The van der Waals surface area contributed by atoms with Gasteiger partial charge in [-0.15, -0.1) is 0 Å². The number of benzene rings is 1. The van der Waals surface area contributed by atoms with Crippen LogP contribution in [0.1, 0.15) is 0 Å². The Kier molecular flexibility index (Phi) is 3.86. The fourth-order valence-electron chi connectivity index (χ4n) is 1.23.